The van der Waals surface area contributed by atoms with Crippen LogP contribution in [0.1, 0.15) is 154 Å². The molecule has 27 heteroatoms. The van der Waals surface area contributed by atoms with Gasteiger partial charge in [0, 0.05) is 129 Å². The number of anilines is 3. The maximum Gasteiger partial charge on any atom is 0.410 e. The average Bonchev–Trinajstić information content (AvgIpc) is 0.775. The quantitative estimate of drug-likeness (QED) is 0.0557. The third kappa shape index (κ3) is 21.1. The number of Topliss-reactive ketones (excluding diaryl/α,β-unsaturated/α-hetero) is 3. The summed E-state index contributed by atoms with van der Waals surface area (Å²) in [6.45, 7) is 19.6. The third-order valence-corrected chi connectivity index (χ3v) is 20.9. The van der Waals surface area contributed by atoms with E-state index in [1.54, 1.807) is 59.1 Å². The zero-order valence-electron chi connectivity index (χ0n) is 61.1. The number of piperazine rings is 1. The topological polar surface area (TPSA) is 336 Å². The van der Waals surface area contributed by atoms with Crippen LogP contribution in [0.4, 0.5) is 22.5 Å². The van der Waals surface area contributed by atoms with Crippen LogP contribution in [-0.2, 0) is 74.8 Å². The van der Waals surface area contributed by atoms with Gasteiger partial charge in [0.2, 0.25) is 17.7 Å². The largest absolute Gasteiger partial charge is 0.460 e. The minimum atomic E-state index is -2.48. The first-order chi connectivity index (χ1) is 48.4. The fraction of sp³-hybridized carbons (Fsp3) is 0.689. The molecular weight excluding hydrogens is 1300 g/mol. The van der Waals surface area contributed by atoms with Gasteiger partial charge >= 0.3 is 12.1 Å². The number of aliphatic hydroxyl groups excluding tert-OH is 1. The van der Waals surface area contributed by atoms with Crippen molar-refractivity contribution in [3.05, 3.63) is 76.8 Å². The fourth-order valence-corrected chi connectivity index (χ4v) is 14.6. The molecule has 2 aromatic rings. The molecule has 6 aliphatic rings. The van der Waals surface area contributed by atoms with Crippen molar-refractivity contribution < 1.29 is 81.7 Å². The fourth-order valence-electron chi connectivity index (χ4n) is 14.6. The Balaban J connectivity index is 0.908. The normalized spacial score (nSPS) is 31.7. The average molecular weight is 1410 g/mol. The van der Waals surface area contributed by atoms with Crippen molar-refractivity contribution >= 4 is 58.9 Å². The molecule has 27 nitrogen and oxygen atoms in total. The van der Waals surface area contributed by atoms with E-state index in [9.17, 15) is 43.8 Å². The van der Waals surface area contributed by atoms with Crippen LogP contribution in [0.2, 0.25) is 0 Å². The summed E-state index contributed by atoms with van der Waals surface area (Å²) in [5.41, 5.74) is 9.29. The Morgan fingerprint density at radius 2 is 1.52 bits per heavy atom. The van der Waals surface area contributed by atoms with Crippen LogP contribution in [0.3, 0.4) is 0 Å². The number of methoxy groups -OCH3 is 3. The van der Waals surface area contributed by atoms with Crippen LogP contribution >= 0.6 is 0 Å². The van der Waals surface area contributed by atoms with Crippen LogP contribution in [0.25, 0.3) is 0 Å². The van der Waals surface area contributed by atoms with E-state index in [-0.39, 0.29) is 73.0 Å². The SMILES string of the molecule is CCOCCOCCNC(=O)c1cnc(N2CCN(c3ncc4c(n3)CCN(C(=O)O[C@@H]3CC[C@@H](C[C@@H](C)[C@@H]5CC(=O)[C@H](C)/C=C(\C)[C@@H](O)[C@@H](OC)C(=O)[C@H](C)C[C@H](C)/C=C/C=C/C=C(\C)[C@@H](OC)C[C@@H]6CC[C@@H](C)[C@@](O)(O6)C(=O)C(=O)N6CCCC[C@H]6C(=O)O5)C[C@H]3OC)C4)CC2)nc1N. The molecule has 0 radical (unpaired) electrons. The van der Waals surface area contributed by atoms with Gasteiger partial charge in [-0.2, -0.15) is 4.98 Å². The number of ketones is 3. The molecule has 2 aromatic heterocycles. The van der Waals surface area contributed by atoms with Crippen LogP contribution in [0.5, 0.6) is 0 Å². The first-order valence-electron chi connectivity index (χ1n) is 36.2. The molecule has 0 spiro atoms. The highest BCUT2D eigenvalue weighted by Crippen LogP contribution is 2.39. The lowest BCUT2D eigenvalue weighted by molar-refractivity contribution is -0.265. The number of nitrogens with one attached hydrogen (secondary N) is 1. The molecule has 0 unspecified atom stereocenters. The van der Waals surface area contributed by atoms with Crippen LogP contribution in [-0.4, -0.2) is 229 Å². The molecule has 8 rings (SSSR count). The molecule has 5 aliphatic heterocycles. The molecule has 4 fully saturated rings. The molecule has 558 valence electrons. The highest BCUT2D eigenvalue weighted by Gasteiger charge is 2.53. The third-order valence-electron chi connectivity index (χ3n) is 20.9. The van der Waals surface area contributed by atoms with Gasteiger partial charge in [-0.3, -0.25) is 24.0 Å². The number of carbonyl (C=O) groups excluding carboxylic acids is 7. The molecule has 15 atom stereocenters. The predicted octanol–water partition coefficient (Wildman–Crippen LogP) is 6.65. The van der Waals surface area contributed by atoms with Crippen molar-refractivity contribution in [1.82, 2.24) is 35.1 Å². The van der Waals surface area contributed by atoms with Gasteiger partial charge in [-0.05, 0) is 114 Å². The van der Waals surface area contributed by atoms with E-state index < -0.39 is 102 Å². The summed E-state index contributed by atoms with van der Waals surface area (Å²) in [6, 6.07) is -1.21. The van der Waals surface area contributed by atoms with Gasteiger partial charge in [0.1, 0.15) is 42.1 Å². The Morgan fingerprint density at radius 1 is 0.802 bits per heavy atom. The first kappa shape index (κ1) is 79.6. The first-order valence-corrected chi connectivity index (χ1v) is 36.2. The van der Waals surface area contributed by atoms with E-state index in [1.807, 2.05) is 63.0 Å². The highest BCUT2D eigenvalue weighted by molar-refractivity contribution is 6.39. The summed E-state index contributed by atoms with van der Waals surface area (Å²) in [4.78, 5) is 125. The highest BCUT2D eigenvalue weighted by atomic mass is 16.6. The number of carbonyl (C=O) groups is 7. The Hall–Kier alpha value is -7.11. The Bertz CT molecular complexity index is 3290. The number of piperidine rings is 1. The Labute approximate surface area is 594 Å². The molecule has 0 aromatic carbocycles. The maximum absolute atomic E-state index is 14.8. The van der Waals surface area contributed by atoms with Crippen molar-refractivity contribution in [2.45, 2.75) is 200 Å². The predicted molar refractivity (Wildman–Crippen MR) is 376 cm³/mol. The number of fused-ring (bicyclic) bond motifs is 4. The molecule has 1 aliphatic carbocycles. The summed E-state index contributed by atoms with van der Waals surface area (Å²) in [7, 11) is 4.52. The van der Waals surface area contributed by atoms with Crippen molar-refractivity contribution in [2.75, 3.05) is 109 Å². The van der Waals surface area contributed by atoms with Crippen molar-refractivity contribution in [3.8, 4) is 0 Å². The molecule has 101 heavy (non-hydrogen) atoms. The number of ether oxygens (including phenoxy) is 8. The van der Waals surface area contributed by atoms with E-state index in [1.165, 1.54) is 18.2 Å². The summed E-state index contributed by atoms with van der Waals surface area (Å²) in [5, 5.41) is 26.6. The number of allylic oxidation sites excluding steroid dienone is 6. The van der Waals surface area contributed by atoms with E-state index in [0.29, 0.717) is 147 Å². The van der Waals surface area contributed by atoms with Gasteiger partial charge in [0.05, 0.1) is 55.9 Å². The van der Waals surface area contributed by atoms with Crippen molar-refractivity contribution in [2.24, 2.45) is 35.5 Å². The van der Waals surface area contributed by atoms with E-state index in [0.717, 1.165) is 16.8 Å². The lowest BCUT2D eigenvalue weighted by Crippen LogP contribution is -2.61. The minimum Gasteiger partial charge on any atom is -0.460 e. The Morgan fingerprint density at radius 3 is 2.23 bits per heavy atom. The number of hydrogen-bond donors (Lipinski definition) is 4. The van der Waals surface area contributed by atoms with E-state index in [4.69, 9.17) is 53.6 Å². The number of amides is 3. The summed E-state index contributed by atoms with van der Waals surface area (Å²) in [6.07, 6.45) is 13.2. The monoisotopic (exact) mass is 1410 g/mol. The number of hydrogen-bond acceptors (Lipinski definition) is 24. The second-order valence-corrected chi connectivity index (χ2v) is 28.3. The van der Waals surface area contributed by atoms with Crippen LogP contribution in [0, 0.1) is 35.5 Å². The smallest absolute Gasteiger partial charge is 0.410 e. The number of esters is 1. The van der Waals surface area contributed by atoms with Crippen LogP contribution < -0.4 is 20.9 Å². The summed E-state index contributed by atoms with van der Waals surface area (Å²) in [5.74, 6) is -7.96. The lowest BCUT2D eigenvalue weighted by Gasteiger charge is -2.42. The van der Waals surface area contributed by atoms with Crippen molar-refractivity contribution in [1.29, 1.82) is 0 Å². The molecule has 5 N–H and O–H groups in total. The van der Waals surface area contributed by atoms with Gasteiger partial charge in [-0.1, -0.05) is 71.1 Å². The van der Waals surface area contributed by atoms with Gasteiger partial charge in [-0.15, -0.1) is 0 Å². The van der Waals surface area contributed by atoms with E-state index in [2.05, 4.69) is 20.2 Å². The molecule has 3 saturated heterocycles. The summed E-state index contributed by atoms with van der Waals surface area (Å²) >= 11 is 0. The van der Waals surface area contributed by atoms with E-state index >= 15 is 0 Å². The Kier molecular flexibility index (Phi) is 29.9. The molecule has 2 bridgehead atoms. The molecular formula is C74H110N10O17. The molecule has 7 heterocycles. The van der Waals surface area contributed by atoms with Crippen molar-refractivity contribution in [3.63, 3.8) is 0 Å². The number of nitrogen functional groups attached to an aromatic ring is 1. The second-order valence-electron chi connectivity index (χ2n) is 28.3. The van der Waals surface area contributed by atoms with Crippen LogP contribution in [0.15, 0.2) is 60.0 Å². The lowest BCUT2D eigenvalue weighted by atomic mass is 9.78. The van der Waals surface area contributed by atoms with Gasteiger partial charge in [-0.25, -0.2) is 24.5 Å². The number of nitrogens with zero attached hydrogens (tertiary/aromatic N) is 8. The zero-order chi connectivity index (χ0) is 73.1. The molecule has 3 amide bonds. The standard InChI is InChI=1S/C74H110N10O17/c1-12-97-34-35-98-33-26-76-68(89)55-43-78-72(80-67(55)75)82-31-29-81(30-32-82)71-77-42-53-44-83(28-25-56(53)79-71)73(92)100-59-24-22-52(39-62(59)95-10)38-48(5)61-41-58(85)47(4)37-50(7)64(87)65(96-11)63(86)49(6)36-45(2)18-14-13-15-19-46(3)60(94-9)40-54-23-21-51(8)74(93,101-54)66(88)69(90)84-27-17-16-20-57(84)70(91)99-61/h13-15,18-19,37,42-43,45,47-49,51-52,54,57,59-62,64-65,87,93H,12,16-17,20-36,38-41,44H2,1-11H3,(H,76,89)(H2,75,78,80)/b15-13+,18-14+,46-19+,50-37+/t45-,47-,48-,49-,51-,52+,54+,57+,59-,60+,61+,62-,64-,65+,74-/m1/s1. The number of aliphatic hydroxyl groups is 2. The maximum atomic E-state index is 14.8. The second kappa shape index (κ2) is 37.9. The number of nitrogens with two attached hydrogens (primary N) is 1. The van der Waals surface area contributed by atoms with Gasteiger partial charge in [0.25, 0.3) is 17.6 Å². The summed E-state index contributed by atoms with van der Waals surface area (Å²) < 4.78 is 47.2. The minimum absolute atomic E-state index is 0.0168. The molecule has 1 saturated carbocycles. The van der Waals surface area contributed by atoms with Gasteiger partial charge in [0.15, 0.2) is 5.78 Å². The zero-order valence-corrected chi connectivity index (χ0v) is 61.1. The van der Waals surface area contributed by atoms with Gasteiger partial charge < -0.3 is 78.8 Å². The number of rotatable bonds is 17. The number of cyclic esters (lactones) is 1. The number of aromatic nitrogens is 4.